The summed E-state index contributed by atoms with van der Waals surface area (Å²) < 4.78 is 2.03. The Hall–Kier alpha value is -0.200. The maximum atomic E-state index is 5.50. The number of hydrogen-bond donors (Lipinski definition) is 1. The molecule has 0 bridgehead atoms. The van der Waals surface area contributed by atoms with Crippen LogP contribution < -0.4 is 5.73 Å². The van der Waals surface area contributed by atoms with Gasteiger partial charge >= 0.3 is 0 Å². The summed E-state index contributed by atoms with van der Waals surface area (Å²) in [6.45, 7) is 3.39. The molecule has 0 spiro atoms. The van der Waals surface area contributed by atoms with Gasteiger partial charge in [-0.2, -0.15) is 0 Å². The summed E-state index contributed by atoms with van der Waals surface area (Å²) in [5.74, 6) is 0.856. The fraction of sp³-hybridized carbons (Fsp3) is 0.667. The third-order valence-electron chi connectivity index (χ3n) is 1.45. The van der Waals surface area contributed by atoms with Crippen LogP contribution >= 0.6 is 21.6 Å². The van der Waals surface area contributed by atoms with Gasteiger partial charge in [0.25, 0.3) is 0 Å². The molecule has 6 heteroatoms. The lowest BCUT2D eigenvalue weighted by Crippen LogP contribution is -2.07. The van der Waals surface area contributed by atoms with Crippen molar-refractivity contribution in [3.8, 4) is 0 Å². The fourth-order valence-corrected chi connectivity index (χ4v) is 2.29. The second-order valence-electron chi connectivity index (χ2n) is 2.10. The summed E-state index contributed by atoms with van der Waals surface area (Å²) in [6.07, 6.45) is 2.02. The van der Waals surface area contributed by atoms with Crippen molar-refractivity contribution in [3.05, 3.63) is 5.82 Å². The van der Waals surface area contributed by atoms with E-state index in [-0.39, 0.29) is 0 Å². The van der Waals surface area contributed by atoms with Crippen LogP contribution in [0.4, 0.5) is 0 Å². The Labute approximate surface area is 79.7 Å². The highest BCUT2D eigenvalue weighted by molar-refractivity contribution is 8.76. The Morgan fingerprint density at radius 3 is 2.75 bits per heavy atom. The molecule has 4 nitrogen and oxygen atoms in total. The predicted octanol–water partition coefficient (Wildman–Crippen LogP) is 1.13. The molecule has 1 aromatic rings. The normalized spacial score (nSPS) is 10.6. The highest BCUT2D eigenvalue weighted by Crippen LogP contribution is 2.26. The first-order chi connectivity index (χ1) is 5.83. The van der Waals surface area contributed by atoms with Crippen molar-refractivity contribution in [2.75, 3.05) is 6.26 Å². The first kappa shape index (κ1) is 9.88. The van der Waals surface area contributed by atoms with Crippen LogP contribution in [0.25, 0.3) is 0 Å². The largest absolute Gasteiger partial charge is 0.324 e. The molecule has 0 aromatic carbocycles. The summed E-state index contributed by atoms with van der Waals surface area (Å²) in [4.78, 5) is 0. The Bertz CT molecular complexity index is 248. The smallest absolute Gasteiger partial charge is 0.201 e. The van der Waals surface area contributed by atoms with Gasteiger partial charge in [-0.1, -0.05) is 10.8 Å². The zero-order chi connectivity index (χ0) is 8.97. The minimum atomic E-state index is 0.454. The van der Waals surface area contributed by atoms with Crippen molar-refractivity contribution in [3.63, 3.8) is 0 Å². The molecule has 1 rings (SSSR count). The van der Waals surface area contributed by atoms with Crippen molar-refractivity contribution in [2.24, 2.45) is 5.73 Å². The van der Waals surface area contributed by atoms with Gasteiger partial charge in [0.1, 0.15) is 5.82 Å². The van der Waals surface area contributed by atoms with Crippen LogP contribution in [0.1, 0.15) is 12.7 Å². The quantitative estimate of drug-likeness (QED) is 0.745. The minimum Gasteiger partial charge on any atom is -0.324 e. The Morgan fingerprint density at radius 1 is 1.50 bits per heavy atom. The second kappa shape index (κ2) is 4.74. The first-order valence-corrected chi connectivity index (χ1v) is 6.22. The molecular formula is C6H12N4S2. The van der Waals surface area contributed by atoms with Gasteiger partial charge in [-0.15, -0.1) is 10.2 Å². The first-order valence-electron chi connectivity index (χ1n) is 3.66. The predicted molar refractivity (Wildman–Crippen MR) is 53.0 cm³/mol. The van der Waals surface area contributed by atoms with E-state index in [1.807, 2.05) is 10.8 Å². The molecule has 12 heavy (non-hydrogen) atoms. The van der Waals surface area contributed by atoms with Gasteiger partial charge in [-0.3, -0.25) is 0 Å². The van der Waals surface area contributed by atoms with E-state index in [2.05, 4.69) is 17.1 Å². The SMILES string of the molecule is CCn1c(CN)nnc1SSC. The fourth-order valence-electron chi connectivity index (χ4n) is 0.924. The lowest BCUT2D eigenvalue weighted by molar-refractivity contribution is 0.644. The summed E-state index contributed by atoms with van der Waals surface area (Å²) in [5.41, 5.74) is 5.50. The molecule has 0 unspecified atom stereocenters. The molecular weight excluding hydrogens is 192 g/mol. The van der Waals surface area contributed by atoms with Crippen molar-refractivity contribution in [1.82, 2.24) is 14.8 Å². The van der Waals surface area contributed by atoms with Crippen molar-refractivity contribution < 1.29 is 0 Å². The van der Waals surface area contributed by atoms with Crippen molar-refractivity contribution >= 4 is 21.6 Å². The van der Waals surface area contributed by atoms with Crippen LogP contribution in [0.2, 0.25) is 0 Å². The lowest BCUT2D eigenvalue weighted by atomic mass is 10.6. The zero-order valence-electron chi connectivity index (χ0n) is 7.15. The average Bonchev–Trinajstić information content (AvgIpc) is 2.47. The number of nitrogens with two attached hydrogens (primary N) is 1. The summed E-state index contributed by atoms with van der Waals surface area (Å²) in [7, 11) is 3.27. The molecule has 0 saturated heterocycles. The Kier molecular flexibility index (Phi) is 3.90. The van der Waals surface area contributed by atoms with Crippen molar-refractivity contribution in [2.45, 2.75) is 25.2 Å². The third kappa shape index (κ3) is 1.94. The summed E-state index contributed by atoms with van der Waals surface area (Å²) in [6, 6.07) is 0. The Morgan fingerprint density at radius 2 is 2.25 bits per heavy atom. The van der Waals surface area contributed by atoms with Crippen LogP contribution in [-0.2, 0) is 13.1 Å². The van der Waals surface area contributed by atoms with Crippen molar-refractivity contribution in [1.29, 1.82) is 0 Å². The van der Waals surface area contributed by atoms with Gasteiger partial charge in [0.15, 0.2) is 0 Å². The molecule has 1 heterocycles. The highest BCUT2D eigenvalue weighted by Gasteiger charge is 2.08. The standard InChI is InChI=1S/C6H12N4S2/c1-3-10-5(4-7)8-9-6(10)12-11-2/h3-4,7H2,1-2H3. The summed E-state index contributed by atoms with van der Waals surface area (Å²) in [5, 5.41) is 8.94. The lowest BCUT2D eigenvalue weighted by Gasteiger charge is -2.03. The topological polar surface area (TPSA) is 56.7 Å². The highest BCUT2D eigenvalue weighted by atomic mass is 33.1. The van der Waals surface area contributed by atoms with Crippen LogP contribution in [-0.4, -0.2) is 21.0 Å². The number of aromatic nitrogens is 3. The van der Waals surface area contributed by atoms with Crippen LogP contribution in [0.15, 0.2) is 5.16 Å². The summed E-state index contributed by atoms with van der Waals surface area (Å²) >= 11 is 0. The maximum absolute atomic E-state index is 5.50. The number of rotatable bonds is 4. The average molecular weight is 204 g/mol. The van der Waals surface area contributed by atoms with E-state index >= 15 is 0 Å². The van der Waals surface area contributed by atoms with Crippen LogP contribution in [0.5, 0.6) is 0 Å². The van der Waals surface area contributed by atoms with Gasteiger partial charge < -0.3 is 10.3 Å². The molecule has 0 fully saturated rings. The van der Waals surface area contributed by atoms with E-state index in [9.17, 15) is 0 Å². The molecule has 0 saturated carbocycles. The molecule has 0 aliphatic carbocycles. The van der Waals surface area contributed by atoms with E-state index < -0.39 is 0 Å². The van der Waals surface area contributed by atoms with Gasteiger partial charge in [0, 0.05) is 6.54 Å². The maximum Gasteiger partial charge on any atom is 0.201 e. The van der Waals surface area contributed by atoms with Crippen LogP contribution in [0, 0.1) is 0 Å². The molecule has 0 aliphatic rings. The van der Waals surface area contributed by atoms with E-state index in [4.69, 9.17) is 5.73 Å². The molecule has 0 aliphatic heterocycles. The molecule has 0 radical (unpaired) electrons. The molecule has 0 amide bonds. The second-order valence-corrected chi connectivity index (χ2v) is 4.46. The van der Waals surface area contributed by atoms with Gasteiger partial charge in [-0.25, -0.2) is 0 Å². The van der Waals surface area contributed by atoms with E-state index in [1.165, 1.54) is 0 Å². The van der Waals surface area contributed by atoms with E-state index in [0.29, 0.717) is 6.54 Å². The molecule has 0 atom stereocenters. The molecule has 2 N–H and O–H groups in total. The van der Waals surface area contributed by atoms with E-state index in [0.717, 1.165) is 17.5 Å². The van der Waals surface area contributed by atoms with Crippen LogP contribution in [0.3, 0.4) is 0 Å². The van der Waals surface area contributed by atoms with Gasteiger partial charge in [0.2, 0.25) is 5.16 Å². The zero-order valence-corrected chi connectivity index (χ0v) is 8.78. The van der Waals surface area contributed by atoms with E-state index in [1.54, 1.807) is 21.6 Å². The minimum absolute atomic E-state index is 0.454. The van der Waals surface area contributed by atoms with Gasteiger partial charge in [0.05, 0.1) is 6.54 Å². The number of nitrogens with zero attached hydrogens (tertiary/aromatic N) is 3. The molecule has 1 aromatic heterocycles. The van der Waals surface area contributed by atoms with Gasteiger partial charge in [-0.05, 0) is 24.0 Å². The molecule has 68 valence electrons. The third-order valence-corrected chi connectivity index (χ3v) is 3.02. The Balaban J connectivity index is 2.88. The number of hydrogen-bond acceptors (Lipinski definition) is 5. The monoisotopic (exact) mass is 204 g/mol.